The Labute approximate surface area is 192 Å². The number of hydrogen-bond donors (Lipinski definition) is 3. The smallest absolute Gasteiger partial charge is 0.255 e. The Balaban J connectivity index is 1.79. The van der Waals surface area contributed by atoms with Gasteiger partial charge in [0.05, 0.1) is 9.92 Å². The Bertz CT molecular complexity index is 1220. The molecule has 7 nitrogen and oxygen atoms in total. The largest absolute Gasteiger partial charge is 0.323 e. The molecular weight excluding hydrogens is 448 g/mol. The zero-order valence-electron chi connectivity index (χ0n) is 17.3. The van der Waals surface area contributed by atoms with Gasteiger partial charge in [-0.3, -0.25) is 15.2 Å². The van der Waals surface area contributed by atoms with E-state index in [4.69, 9.17) is 22.7 Å². The molecule has 4 N–H and O–H groups in total. The monoisotopic (exact) mass is 470 g/mol. The van der Waals surface area contributed by atoms with Crippen LogP contribution in [0.3, 0.4) is 0 Å². The Morgan fingerprint density at radius 3 is 2.31 bits per heavy atom. The van der Waals surface area contributed by atoms with Crippen LogP contribution in [0.25, 0.3) is 0 Å². The molecule has 1 aromatic heterocycles. The summed E-state index contributed by atoms with van der Waals surface area (Å²) in [4.78, 5) is 16.2. The molecule has 0 aliphatic carbocycles. The first-order chi connectivity index (χ1) is 15.3. The fraction of sp³-hybridized carbons (Fsp3) is 0.174. The van der Waals surface area contributed by atoms with Gasteiger partial charge < -0.3 is 11.1 Å². The van der Waals surface area contributed by atoms with Gasteiger partial charge in [0.2, 0.25) is 9.84 Å². The third-order valence-corrected chi connectivity index (χ3v) is 7.38. The van der Waals surface area contributed by atoms with Crippen molar-refractivity contribution >= 4 is 38.1 Å². The summed E-state index contributed by atoms with van der Waals surface area (Å²) in [6.07, 6.45) is 3.50. The molecule has 0 radical (unpaired) electrons. The van der Waals surface area contributed by atoms with Gasteiger partial charge >= 0.3 is 0 Å². The molecule has 2 unspecified atom stereocenters. The molecular formula is C23H23ClN4O3S. The molecule has 0 saturated heterocycles. The highest BCUT2D eigenvalue weighted by Gasteiger charge is 2.33. The van der Waals surface area contributed by atoms with Crippen molar-refractivity contribution in [2.45, 2.75) is 24.3 Å². The molecule has 2 atom stereocenters. The lowest BCUT2D eigenvalue weighted by molar-refractivity contribution is 0.102. The summed E-state index contributed by atoms with van der Waals surface area (Å²) in [5.41, 5.74) is 8.03. The van der Waals surface area contributed by atoms with Gasteiger partial charge in [0.15, 0.2) is 0 Å². The number of carbonyl (C=O) groups is 1. The van der Waals surface area contributed by atoms with Crippen molar-refractivity contribution in [1.29, 1.82) is 5.41 Å². The lowest BCUT2D eigenvalue weighted by Gasteiger charge is -2.24. The van der Waals surface area contributed by atoms with Crippen LogP contribution >= 0.6 is 11.6 Å². The van der Waals surface area contributed by atoms with Crippen LogP contribution < -0.4 is 11.1 Å². The number of aromatic nitrogens is 1. The summed E-state index contributed by atoms with van der Waals surface area (Å²) in [6.45, 7) is 1.78. The lowest BCUT2D eigenvalue weighted by Crippen LogP contribution is -2.32. The van der Waals surface area contributed by atoms with Gasteiger partial charge in [0.25, 0.3) is 5.91 Å². The number of amides is 1. The van der Waals surface area contributed by atoms with Crippen LogP contribution in [-0.4, -0.2) is 24.4 Å². The number of benzene rings is 2. The molecule has 9 heteroatoms. The summed E-state index contributed by atoms with van der Waals surface area (Å²) in [7, 11) is -4.09. The quantitative estimate of drug-likeness (QED) is 0.347. The van der Waals surface area contributed by atoms with E-state index in [1.54, 1.807) is 67.8 Å². The topological polar surface area (TPSA) is 126 Å². The SMILES string of the molecule is CCC(C(=N)S(=O)(=O)c1ccccc1Cl)C(N)c1ccc(C(=O)Nc2ccncc2)cc1. The minimum absolute atomic E-state index is 0.0604. The molecule has 0 saturated carbocycles. The third kappa shape index (κ3) is 5.04. The fourth-order valence-electron chi connectivity index (χ4n) is 3.31. The van der Waals surface area contributed by atoms with Crippen LogP contribution in [0.1, 0.15) is 35.3 Å². The van der Waals surface area contributed by atoms with Crippen LogP contribution in [0.5, 0.6) is 0 Å². The van der Waals surface area contributed by atoms with Gasteiger partial charge in [-0.25, -0.2) is 8.42 Å². The molecule has 1 heterocycles. The number of carbonyl (C=O) groups excluding carboxylic acids is 1. The van der Waals surface area contributed by atoms with Crippen molar-refractivity contribution in [2.75, 3.05) is 5.32 Å². The number of nitrogens with zero attached hydrogens (tertiary/aromatic N) is 1. The number of anilines is 1. The van der Waals surface area contributed by atoms with E-state index in [1.165, 1.54) is 12.1 Å². The van der Waals surface area contributed by atoms with Gasteiger partial charge in [-0.2, -0.15) is 0 Å². The molecule has 166 valence electrons. The predicted octanol–water partition coefficient (Wildman–Crippen LogP) is 4.46. The number of pyridine rings is 1. The van der Waals surface area contributed by atoms with E-state index in [9.17, 15) is 13.2 Å². The van der Waals surface area contributed by atoms with Gasteiger partial charge in [0, 0.05) is 35.6 Å². The third-order valence-electron chi connectivity index (χ3n) is 5.12. The van der Waals surface area contributed by atoms with Crippen LogP contribution in [-0.2, 0) is 9.84 Å². The molecule has 2 aromatic carbocycles. The van der Waals surface area contributed by atoms with Crippen LogP contribution in [0.2, 0.25) is 5.02 Å². The summed E-state index contributed by atoms with van der Waals surface area (Å²) in [5, 5.41) is 10.7. The van der Waals surface area contributed by atoms with Crippen LogP contribution in [0, 0.1) is 11.3 Å². The number of nitrogens with two attached hydrogens (primary N) is 1. The fourth-order valence-corrected chi connectivity index (χ4v) is 5.28. The number of halogens is 1. The van der Waals surface area contributed by atoms with Crippen molar-refractivity contribution in [3.05, 3.63) is 89.2 Å². The van der Waals surface area contributed by atoms with Crippen molar-refractivity contribution in [3.63, 3.8) is 0 Å². The Morgan fingerprint density at radius 1 is 1.09 bits per heavy atom. The Hall–Kier alpha value is -3.07. The average Bonchev–Trinajstić information content (AvgIpc) is 2.80. The second-order valence-corrected chi connectivity index (χ2v) is 9.44. The highest BCUT2D eigenvalue weighted by Crippen LogP contribution is 2.30. The molecule has 0 aliphatic rings. The number of nitrogens with one attached hydrogen (secondary N) is 2. The van der Waals surface area contributed by atoms with E-state index < -0.39 is 26.8 Å². The molecule has 3 aromatic rings. The van der Waals surface area contributed by atoms with Gasteiger partial charge in [-0.15, -0.1) is 0 Å². The van der Waals surface area contributed by atoms with Crippen molar-refractivity contribution in [3.8, 4) is 0 Å². The molecule has 1 amide bonds. The first kappa shape index (κ1) is 23.6. The van der Waals surface area contributed by atoms with E-state index >= 15 is 0 Å². The summed E-state index contributed by atoms with van der Waals surface area (Å²) in [6, 6.07) is 15.2. The Morgan fingerprint density at radius 2 is 1.72 bits per heavy atom. The molecule has 3 rings (SSSR count). The minimum atomic E-state index is -4.09. The molecule has 0 spiro atoms. The van der Waals surface area contributed by atoms with E-state index in [1.807, 2.05) is 0 Å². The van der Waals surface area contributed by atoms with Crippen molar-refractivity contribution < 1.29 is 13.2 Å². The molecule has 0 fully saturated rings. The zero-order valence-corrected chi connectivity index (χ0v) is 18.9. The maximum absolute atomic E-state index is 13.0. The zero-order chi connectivity index (χ0) is 23.3. The van der Waals surface area contributed by atoms with E-state index in [0.29, 0.717) is 23.2 Å². The maximum Gasteiger partial charge on any atom is 0.255 e. The minimum Gasteiger partial charge on any atom is -0.323 e. The van der Waals surface area contributed by atoms with Gasteiger partial charge in [-0.05, 0) is 48.4 Å². The summed E-state index contributed by atoms with van der Waals surface area (Å²) >= 11 is 6.05. The number of hydrogen-bond acceptors (Lipinski definition) is 6. The standard InChI is InChI=1S/C23H23ClN4O3S/c1-2-18(22(26)32(30,31)20-6-4-3-5-19(20)24)21(25)15-7-9-16(10-8-15)23(29)28-17-11-13-27-14-12-17/h3-14,18,21,26H,2,25H2,1H3,(H,27,28,29). The van der Waals surface area contributed by atoms with E-state index in [-0.39, 0.29) is 15.8 Å². The number of sulfone groups is 1. The first-order valence-corrected chi connectivity index (χ1v) is 11.8. The van der Waals surface area contributed by atoms with Crippen LogP contribution in [0.15, 0.2) is 78.0 Å². The van der Waals surface area contributed by atoms with Gasteiger partial charge in [0.1, 0.15) is 5.04 Å². The first-order valence-electron chi connectivity index (χ1n) is 9.90. The second kappa shape index (κ2) is 10.0. The summed E-state index contributed by atoms with van der Waals surface area (Å²) in [5.74, 6) is -1.05. The van der Waals surface area contributed by atoms with E-state index in [0.717, 1.165) is 0 Å². The van der Waals surface area contributed by atoms with Crippen molar-refractivity contribution in [1.82, 2.24) is 4.98 Å². The van der Waals surface area contributed by atoms with Crippen LogP contribution in [0.4, 0.5) is 5.69 Å². The summed E-state index contributed by atoms with van der Waals surface area (Å²) < 4.78 is 26.0. The highest BCUT2D eigenvalue weighted by molar-refractivity contribution is 8.06. The normalized spacial score (nSPS) is 13.2. The Kier molecular flexibility index (Phi) is 7.40. The maximum atomic E-state index is 13.0. The predicted molar refractivity (Wildman–Crippen MR) is 126 cm³/mol. The van der Waals surface area contributed by atoms with E-state index in [2.05, 4.69) is 10.3 Å². The number of rotatable bonds is 7. The van der Waals surface area contributed by atoms with Gasteiger partial charge in [-0.1, -0.05) is 42.8 Å². The second-order valence-electron chi connectivity index (χ2n) is 7.15. The molecule has 0 bridgehead atoms. The lowest BCUT2D eigenvalue weighted by atomic mass is 9.92. The van der Waals surface area contributed by atoms with Crippen molar-refractivity contribution in [2.24, 2.45) is 11.7 Å². The average molecular weight is 471 g/mol. The molecule has 0 aliphatic heterocycles. The molecule has 32 heavy (non-hydrogen) atoms. The highest BCUT2D eigenvalue weighted by atomic mass is 35.5.